The van der Waals surface area contributed by atoms with Crippen LogP contribution in [0, 0.1) is 11.6 Å². The summed E-state index contributed by atoms with van der Waals surface area (Å²) >= 11 is 0. The standard InChI is InChI=1S/C23H29F2N3O4S/c1-4-14-26-23(30)20(5-2)27(15-17-10-12-18(24)13-11-17)22(29)16-28(33(3,31)32)21-9-7-6-8-19(21)25/h6-13,20H,4-5,14-16H2,1-3H3,(H,26,30)/t20-/m1/s1. The minimum Gasteiger partial charge on any atom is -0.354 e. The fourth-order valence-electron chi connectivity index (χ4n) is 3.32. The zero-order chi connectivity index (χ0) is 24.6. The van der Waals surface area contributed by atoms with Gasteiger partial charge in [0.1, 0.15) is 24.2 Å². The summed E-state index contributed by atoms with van der Waals surface area (Å²) in [6.07, 6.45) is 1.84. The van der Waals surface area contributed by atoms with Crippen LogP contribution < -0.4 is 9.62 Å². The summed E-state index contributed by atoms with van der Waals surface area (Å²) in [5.41, 5.74) is 0.293. The van der Waals surface area contributed by atoms with Crippen molar-refractivity contribution in [1.29, 1.82) is 0 Å². The third-order valence-electron chi connectivity index (χ3n) is 5.00. The lowest BCUT2D eigenvalue weighted by Gasteiger charge is -2.33. The Morgan fingerprint density at radius 1 is 1.03 bits per heavy atom. The van der Waals surface area contributed by atoms with E-state index in [0.717, 1.165) is 12.3 Å². The number of halogens is 2. The molecule has 33 heavy (non-hydrogen) atoms. The van der Waals surface area contributed by atoms with Crippen molar-refractivity contribution in [2.75, 3.05) is 23.7 Å². The zero-order valence-corrected chi connectivity index (χ0v) is 19.7. The number of amides is 2. The molecule has 10 heteroatoms. The molecule has 0 saturated carbocycles. The van der Waals surface area contributed by atoms with Gasteiger partial charge < -0.3 is 10.2 Å². The smallest absolute Gasteiger partial charge is 0.244 e. The number of carbonyl (C=O) groups is 2. The molecule has 1 N–H and O–H groups in total. The SMILES string of the molecule is CCCNC(=O)[C@@H](CC)N(Cc1ccc(F)cc1)C(=O)CN(c1ccccc1F)S(C)(=O)=O. The Bertz CT molecular complexity index is 1060. The van der Waals surface area contributed by atoms with Crippen LogP contribution in [0.4, 0.5) is 14.5 Å². The number of rotatable bonds is 11. The van der Waals surface area contributed by atoms with Crippen LogP contribution in [0.3, 0.4) is 0 Å². The molecule has 7 nitrogen and oxygen atoms in total. The average Bonchev–Trinajstić information content (AvgIpc) is 2.77. The number of carbonyl (C=O) groups excluding carboxylic acids is 2. The minimum atomic E-state index is -4.02. The first-order chi connectivity index (χ1) is 15.6. The lowest BCUT2D eigenvalue weighted by molar-refractivity contribution is -0.140. The number of nitrogens with zero attached hydrogens (tertiary/aromatic N) is 2. The number of para-hydroxylation sites is 1. The molecule has 0 heterocycles. The van der Waals surface area contributed by atoms with Crippen molar-refractivity contribution in [2.24, 2.45) is 0 Å². The van der Waals surface area contributed by atoms with Crippen molar-refractivity contribution in [3.8, 4) is 0 Å². The summed E-state index contributed by atoms with van der Waals surface area (Å²) in [7, 11) is -4.02. The predicted octanol–water partition coefficient (Wildman–Crippen LogP) is 3.06. The second-order valence-electron chi connectivity index (χ2n) is 7.58. The van der Waals surface area contributed by atoms with E-state index in [1.807, 2.05) is 6.92 Å². The second-order valence-corrected chi connectivity index (χ2v) is 9.49. The van der Waals surface area contributed by atoms with E-state index >= 15 is 0 Å². The van der Waals surface area contributed by atoms with Gasteiger partial charge in [0.2, 0.25) is 21.8 Å². The number of sulfonamides is 1. The number of benzene rings is 2. The molecule has 180 valence electrons. The maximum atomic E-state index is 14.4. The van der Waals surface area contributed by atoms with Crippen LogP contribution in [0.15, 0.2) is 48.5 Å². The van der Waals surface area contributed by atoms with Crippen LogP contribution in [-0.2, 0) is 26.2 Å². The molecule has 2 aromatic rings. The largest absolute Gasteiger partial charge is 0.354 e. The second kappa shape index (κ2) is 11.7. The third kappa shape index (κ3) is 7.24. The van der Waals surface area contributed by atoms with Gasteiger partial charge in [-0.3, -0.25) is 13.9 Å². The van der Waals surface area contributed by atoms with Gasteiger partial charge in [0.25, 0.3) is 0 Å². The molecule has 0 spiro atoms. The van der Waals surface area contributed by atoms with E-state index in [1.165, 1.54) is 47.4 Å². The quantitative estimate of drug-likeness (QED) is 0.535. The van der Waals surface area contributed by atoms with Gasteiger partial charge >= 0.3 is 0 Å². The van der Waals surface area contributed by atoms with Crippen LogP contribution in [0.25, 0.3) is 0 Å². The fraction of sp³-hybridized carbons (Fsp3) is 0.391. The van der Waals surface area contributed by atoms with E-state index in [9.17, 15) is 26.8 Å². The van der Waals surface area contributed by atoms with Gasteiger partial charge in [0, 0.05) is 13.1 Å². The molecule has 0 fully saturated rings. The Labute approximate surface area is 193 Å². The van der Waals surface area contributed by atoms with E-state index in [1.54, 1.807) is 6.92 Å². The Morgan fingerprint density at radius 2 is 1.67 bits per heavy atom. The molecule has 0 unspecified atom stereocenters. The molecule has 0 aliphatic heterocycles. The van der Waals surface area contributed by atoms with Crippen LogP contribution in [0.5, 0.6) is 0 Å². The molecule has 0 radical (unpaired) electrons. The van der Waals surface area contributed by atoms with Gasteiger partial charge in [-0.25, -0.2) is 17.2 Å². The minimum absolute atomic E-state index is 0.0496. The maximum absolute atomic E-state index is 14.4. The zero-order valence-electron chi connectivity index (χ0n) is 18.9. The van der Waals surface area contributed by atoms with Gasteiger partial charge in [-0.1, -0.05) is 38.1 Å². The lowest BCUT2D eigenvalue weighted by Crippen LogP contribution is -2.52. The Morgan fingerprint density at radius 3 is 2.21 bits per heavy atom. The number of hydrogen-bond donors (Lipinski definition) is 1. The number of nitrogens with one attached hydrogen (secondary N) is 1. The first kappa shape index (κ1) is 26.2. The highest BCUT2D eigenvalue weighted by Gasteiger charge is 2.32. The van der Waals surface area contributed by atoms with Gasteiger partial charge in [0.15, 0.2) is 0 Å². The van der Waals surface area contributed by atoms with Crippen molar-refractivity contribution < 1.29 is 26.8 Å². The summed E-state index contributed by atoms with van der Waals surface area (Å²) in [6, 6.07) is 9.78. The summed E-state index contributed by atoms with van der Waals surface area (Å²) in [5, 5.41) is 2.75. The molecule has 2 rings (SSSR count). The van der Waals surface area contributed by atoms with Gasteiger partial charge in [-0.15, -0.1) is 0 Å². The molecule has 2 amide bonds. The normalized spacial score (nSPS) is 12.2. The Hall–Kier alpha value is -3.01. The Balaban J connectivity index is 2.42. The van der Waals surface area contributed by atoms with E-state index in [0.29, 0.717) is 22.8 Å². The number of anilines is 1. The highest BCUT2D eigenvalue weighted by Crippen LogP contribution is 2.22. The van der Waals surface area contributed by atoms with E-state index in [-0.39, 0.29) is 24.6 Å². The van der Waals surface area contributed by atoms with Gasteiger partial charge in [-0.2, -0.15) is 0 Å². The number of hydrogen-bond acceptors (Lipinski definition) is 4. The summed E-state index contributed by atoms with van der Waals surface area (Å²) in [5.74, 6) is -2.32. The van der Waals surface area contributed by atoms with Crippen molar-refractivity contribution in [3.63, 3.8) is 0 Å². The summed E-state index contributed by atoms with van der Waals surface area (Å²) in [6.45, 7) is 3.29. The Kier molecular flexibility index (Phi) is 9.33. The molecule has 0 aliphatic rings. The van der Waals surface area contributed by atoms with Crippen LogP contribution in [0.2, 0.25) is 0 Å². The van der Waals surface area contributed by atoms with Crippen LogP contribution in [-0.4, -0.2) is 50.5 Å². The van der Waals surface area contributed by atoms with Gasteiger partial charge in [-0.05, 0) is 42.7 Å². The van der Waals surface area contributed by atoms with Crippen LogP contribution >= 0.6 is 0 Å². The highest BCUT2D eigenvalue weighted by molar-refractivity contribution is 7.92. The predicted molar refractivity (Wildman–Crippen MR) is 123 cm³/mol. The third-order valence-corrected chi connectivity index (χ3v) is 6.13. The molecule has 0 aliphatic carbocycles. The fourth-order valence-corrected chi connectivity index (χ4v) is 4.17. The van der Waals surface area contributed by atoms with Crippen molar-refractivity contribution in [3.05, 3.63) is 65.7 Å². The first-order valence-electron chi connectivity index (χ1n) is 10.6. The molecule has 2 aromatic carbocycles. The molecule has 1 atom stereocenters. The van der Waals surface area contributed by atoms with Crippen LogP contribution in [0.1, 0.15) is 32.3 Å². The molecule has 0 bridgehead atoms. The lowest BCUT2D eigenvalue weighted by atomic mass is 10.1. The molecule has 0 saturated heterocycles. The van der Waals surface area contributed by atoms with Crippen molar-refractivity contribution >= 4 is 27.5 Å². The van der Waals surface area contributed by atoms with E-state index in [2.05, 4.69) is 5.32 Å². The van der Waals surface area contributed by atoms with Crippen molar-refractivity contribution in [1.82, 2.24) is 10.2 Å². The topological polar surface area (TPSA) is 86.8 Å². The summed E-state index contributed by atoms with van der Waals surface area (Å²) < 4.78 is 53.2. The molecular weight excluding hydrogens is 452 g/mol. The molecule has 0 aromatic heterocycles. The molecular formula is C23H29F2N3O4S. The van der Waals surface area contributed by atoms with E-state index in [4.69, 9.17) is 0 Å². The summed E-state index contributed by atoms with van der Waals surface area (Å²) in [4.78, 5) is 27.4. The highest BCUT2D eigenvalue weighted by atomic mass is 32.2. The van der Waals surface area contributed by atoms with Crippen molar-refractivity contribution in [2.45, 2.75) is 39.3 Å². The first-order valence-corrected chi connectivity index (χ1v) is 12.5. The van der Waals surface area contributed by atoms with Gasteiger partial charge in [0.05, 0.1) is 11.9 Å². The van der Waals surface area contributed by atoms with E-state index < -0.39 is 40.2 Å². The average molecular weight is 482 g/mol. The monoisotopic (exact) mass is 481 g/mol. The maximum Gasteiger partial charge on any atom is 0.244 e.